The molecule has 2 rings (SSSR count). The summed E-state index contributed by atoms with van der Waals surface area (Å²) in [6, 6.07) is 16.5. The lowest BCUT2D eigenvalue weighted by Gasteiger charge is -2.23. The number of nitrogens with zero attached hydrogens (tertiary/aromatic N) is 2. The fourth-order valence-corrected chi connectivity index (χ4v) is 3.10. The van der Waals surface area contributed by atoms with Crippen LogP contribution in [0.4, 0.5) is 11.5 Å². The van der Waals surface area contributed by atoms with E-state index in [1.807, 2.05) is 24.4 Å². The minimum absolute atomic E-state index is 0.308. The Balaban J connectivity index is 1.66. The summed E-state index contributed by atoms with van der Waals surface area (Å²) in [6.45, 7) is 0.972. The van der Waals surface area contributed by atoms with Crippen molar-refractivity contribution in [3.8, 4) is 0 Å². The summed E-state index contributed by atoms with van der Waals surface area (Å²) < 4.78 is 0. The second-order valence-corrected chi connectivity index (χ2v) is 6.65. The number of hydrogen-bond acceptors (Lipinski definition) is 3. The molecule has 0 unspecified atom stereocenters. The van der Waals surface area contributed by atoms with Gasteiger partial charge < -0.3 is 10.0 Å². The van der Waals surface area contributed by atoms with Gasteiger partial charge in [-0.15, -0.1) is 0 Å². The molecule has 2 aromatic rings. The molecule has 0 amide bonds. The molecule has 4 nitrogen and oxygen atoms in total. The fraction of sp³-hybridized carbons (Fsp3) is 0.455. The number of carbonyl (C=O) groups is 1. The number of carboxylic acids is 1. The number of carboxylic acid groups (broad SMARTS) is 1. The van der Waals surface area contributed by atoms with Gasteiger partial charge in [-0.3, -0.25) is 4.79 Å². The Bertz CT molecular complexity index is 577. The number of benzene rings is 1. The molecule has 1 heterocycles. The van der Waals surface area contributed by atoms with E-state index in [2.05, 4.69) is 40.2 Å². The van der Waals surface area contributed by atoms with E-state index in [1.165, 1.54) is 31.4 Å². The van der Waals surface area contributed by atoms with Gasteiger partial charge in [0.25, 0.3) is 0 Å². The van der Waals surface area contributed by atoms with Crippen LogP contribution in [0.3, 0.4) is 0 Å². The van der Waals surface area contributed by atoms with E-state index in [1.54, 1.807) is 0 Å². The lowest BCUT2D eigenvalue weighted by Crippen LogP contribution is -2.19. The molecular formula is C22H30N2O2. The van der Waals surface area contributed by atoms with Crippen molar-refractivity contribution >= 4 is 17.5 Å². The normalized spacial score (nSPS) is 10.6. The van der Waals surface area contributed by atoms with Crippen molar-refractivity contribution in [2.75, 3.05) is 11.4 Å². The molecule has 1 aromatic heterocycles. The number of rotatable bonds is 13. The van der Waals surface area contributed by atoms with Crippen LogP contribution in [0.15, 0.2) is 54.7 Å². The van der Waals surface area contributed by atoms with Crippen LogP contribution < -0.4 is 4.90 Å². The van der Waals surface area contributed by atoms with Gasteiger partial charge in [0.05, 0.1) is 0 Å². The van der Waals surface area contributed by atoms with E-state index >= 15 is 0 Å². The van der Waals surface area contributed by atoms with Crippen molar-refractivity contribution < 1.29 is 9.90 Å². The highest BCUT2D eigenvalue weighted by Crippen LogP contribution is 2.23. The summed E-state index contributed by atoms with van der Waals surface area (Å²) in [5.41, 5.74) is 1.18. The van der Waals surface area contributed by atoms with Crippen molar-refractivity contribution in [2.45, 2.75) is 57.8 Å². The lowest BCUT2D eigenvalue weighted by atomic mass is 10.1. The zero-order chi connectivity index (χ0) is 18.5. The second kappa shape index (κ2) is 12.1. The van der Waals surface area contributed by atoms with Gasteiger partial charge in [0.1, 0.15) is 5.82 Å². The average molecular weight is 354 g/mol. The van der Waals surface area contributed by atoms with Crippen molar-refractivity contribution in [3.05, 3.63) is 54.7 Å². The first-order valence-electron chi connectivity index (χ1n) is 9.73. The number of aliphatic carboxylic acids is 1. The first kappa shape index (κ1) is 20.0. The largest absolute Gasteiger partial charge is 0.481 e. The van der Waals surface area contributed by atoms with Crippen LogP contribution in [0.5, 0.6) is 0 Å². The van der Waals surface area contributed by atoms with Gasteiger partial charge in [0, 0.05) is 24.8 Å². The molecule has 0 saturated heterocycles. The molecule has 0 aliphatic rings. The van der Waals surface area contributed by atoms with E-state index in [0.717, 1.165) is 38.0 Å². The number of para-hydroxylation sites is 1. The lowest BCUT2D eigenvalue weighted by molar-refractivity contribution is -0.137. The first-order valence-corrected chi connectivity index (χ1v) is 9.73. The predicted octanol–water partition coefficient (Wildman–Crippen LogP) is 5.82. The molecule has 4 heteroatoms. The second-order valence-electron chi connectivity index (χ2n) is 6.65. The van der Waals surface area contributed by atoms with Crippen molar-refractivity contribution in [1.82, 2.24) is 4.98 Å². The quantitative estimate of drug-likeness (QED) is 0.461. The van der Waals surface area contributed by atoms with Crippen molar-refractivity contribution in [2.24, 2.45) is 0 Å². The maximum absolute atomic E-state index is 10.5. The summed E-state index contributed by atoms with van der Waals surface area (Å²) in [6.07, 6.45) is 11.2. The van der Waals surface area contributed by atoms with Gasteiger partial charge >= 0.3 is 5.97 Å². The van der Waals surface area contributed by atoms with Gasteiger partial charge in [-0.05, 0) is 37.1 Å². The molecule has 26 heavy (non-hydrogen) atoms. The third-order valence-corrected chi connectivity index (χ3v) is 4.52. The minimum atomic E-state index is -0.680. The van der Waals surface area contributed by atoms with Gasteiger partial charge in [0.2, 0.25) is 0 Å². The SMILES string of the molecule is O=C(O)CCCCCCCCCCN(c1ccccc1)c1ccccn1. The Morgan fingerprint density at radius 3 is 2.04 bits per heavy atom. The van der Waals surface area contributed by atoms with E-state index in [-0.39, 0.29) is 0 Å². The van der Waals surface area contributed by atoms with E-state index in [4.69, 9.17) is 5.11 Å². The van der Waals surface area contributed by atoms with Gasteiger partial charge in [-0.1, -0.05) is 62.8 Å². The smallest absolute Gasteiger partial charge is 0.303 e. The Morgan fingerprint density at radius 2 is 1.42 bits per heavy atom. The highest BCUT2D eigenvalue weighted by molar-refractivity contribution is 5.66. The molecule has 0 saturated carbocycles. The Labute approximate surface area is 156 Å². The Morgan fingerprint density at radius 1 is 0.808 bits per heavy atom. The van der Waals surface area contributed by atoms with Gasteiger partial charge in [-0.2, -0.15) is 0 Å². The van der Waals surface area contributed by atoms with Crippen LogP contribution in [0.2, 0.25) is 0 Å². The molecular weight excluding hydrogens is 324 g/mol. The highest BCUT2D eigenvalue weighted by atomic mass is 16.4. The number of aromatic nitrogens is 1. The summed E-state index contributed by atoms with van der Waals surface area (Å²) in [7, 11) is 0. The number of unbranched alkanes of at least 4 members (excludes halogenated alkanes) is 7. The van der Waals surface area contributed by atoms with E-state index < -0.39 is 5.97 Å². The average Bonchev–Trinajstić information content (AvgIpc) is 2.67. The summed E-state index contributed by atoms with van der Waals surface area (Å²) in [4.78, 5) is 17.3. The van der Waals surface area contributed by atoms with Gasteiger partial charge in [-0.25, -0.2) is 4.98 Å². The molecule has 0 aliphatic carbocycles. The molecule has 0 atom stereocenters. The van der Waals surface area contributed by atoms with Crippen LogP contribution in [-0.2, 0) is 4.79 Å². The van der Waals surface area contributed by atoms with Crippen molar-refractivity contribution in [1.29, 1.82) is 0 Å². The molecule has 1 aromatic carbocycles. The van der Waals surface area contributed by atoms with E-state index in [9.17, 15) is 4.79 Å². The Kier molecular flexibility index (Phi) is 9.26. The topological polar surface area (TPSA) is 53.4 Å². The number of anilines is 2. The monoisotopic (exact) mass is 354 g/mol. The van der Waals surface area contributed by atoms with Crippen LogP contribution in [0.1, 0.15) is 57.8 Å². The maximum Gasteiger partial charge on any atom is 0.303 e. The van der Waals surface area contributed by atoms with Crippen LogP contribution in [-0.4, -0.2) is 22.6 Å². The zero-order valence-corrected chi connectivity index (χ0v) is 15.5. The number of pyridine rings is 1. The third kappa shape index (κ3) is 7.68. The molecule has 0 aliphatic heterocycles. The molecule has 0 spiro atoms. The molecule has 140 valence electrons. The summed E-state index contributed by atoms with van der Waals surface area (Å²) >= 11 is 0. The molecule has 0 radical (unpaired) electrons. The fourth-order valence-electron chi connectivity index (χ4n) is 3.10. The zero-order valence-electron chi connectivity index (χ0n) is 15.5. The molecule has 1 N–H and O–H groups in total. The van der Waals surface area contributed by atoms with Gasteiger partial charge in [0.15, 0.2) is 0 Å². The third-order valence-electron chi connectivity index (χ3n) is 4.52. The predicted molar refractivity (Wildman–Crippen MR) is 107 cm³/mol. The first-order chi connectivity index (χ1) is 12.8. The molecule has 0 fully saturated rings. The Hall–Kier alpha value is -2.36. The summed E-state index contributed by atoms with van der Waals surface area (Å²) in [5, 5.41) is 8.61. The van der Waals surface area contributed by atoms with Crippen LogP contribution in [0, 0.1) is 0 Å². The van der Waals surface area contributed by atoms with Crippen LogP contribution >= 0.6 is 0 Å². The standard InChI is InChI=1S/C22H30N2O2/c25-22(26)17-10-5-3-1-2-4-6-13-19-24(20-14-8-7-9-15-20)21-16-11-12-18-23-21/h7-9,11-12,14-16,18H,1-6,10,13,17,19H2,(H,25,26). The minimum Gasteiger partial charge on any atom is -0.481 e. The maximum atomic E-state index is 10.5. The number of hydrogen-bond donors (Lipinski definition) is 1. The molecule has 0 bridgehead atoms. The van der Waals surface area contributed by atoms with E-state index in [0.29, 0.717) is 6.42 Å². The van der Waals surface area contributed by atoms with Crippen LogP contribution in [0.25, 0.3) is 0 Å². The summed E-state index contributed by atoms with van der Waals surface area (Å²) in [5.74, 6) is 0.318. The van der Waals surface area contributed by atoms with Crippen molar-refractivity contribution in [3.63, 3.8) is 0 Å². The highest BCUT2D eigenvalue weighted by Gasteiger charge is 2.09.